The van der Waals surface area contributed by atoms with E-state index < -0.39 is 6.10 Å². The van der Waals surface area contributed by atoms with Crippen molar-refractivity contribution in [3.63, 3.8) is 0 Å². The SMILES string of the molecule is CC(O)c1ccc(CNC(=O)C2CCCC(N)C2)cc1.Cl. The molecule has 1 saturated carbocycles. The largest absolute Gasteiger partial charge is 0.389 e. The highest BCUT2D eigenvalue weighted by Gasteiger charge is 2.24. The van der Waals surface area contributed by atoms with Gasteiger partial charge in [-0.1, -0.05) is 30.7 Å². The zero-order chi connectivity index (χ0) is 14.5. The second-order valence-corrected chi connectivity index (χ2v) is 5.76. The van der Waals surface area contributed by atoms with E-state index in [-0.39, 0.29) is 30.3 Å². The maximum atomic E-state index is 12.1. The molecule has 4 N–H and O–H groups in total. The number of aliphatic hydroxyl groups excluding tert-OH is 1. The molecule has 3 unspecified atom stereocenters. The molecule has 0 aromatic heterocycles. The van der Waals surface area contributed by atoms with Crippen LogP contribution in [0.5, 0.6) is 0 Å². The van der Waals surface area contributed by atoms with Crippen molar-refractivity contribution in [3.05, 3.63) is 35.4 Å². The van der Waals surface area contributed by atoms with E-state index in [9.17, 15) is 9.90 Å². The van der Waals surface area contributed by atoms with E-state index in [1.54, 1.807) is 6.92 Å². The summed E-state index contributed by atoms with van der Waals surface area (Å²) in [5.74, 6) is 0.176. The van der Waals surface area contributed by atoms with E-state index in [1.807, 2.05) is 24.3 Å². The van der Waals surface area contributed by atoms with Gasteiger partial charge in [-0.25, -0.2) is 0 Å². The maximum Gasteiger partial charge on any atom is 0.223 e. The fraction of sp³-hybridized carbons (Fsp3) is 0.562. The highest BCUT2D eigenvalue weighted by Crippen LogP contribution is 2.23. The van der Waals surface area contributed by atoms with Gasteiger partial charge in [0.1, 0.15) is 0 Å². The first-order chi connectivity index (χ1) is 9.56. The lowest BCUT2D eigenvalue weighted by Gasteiger charge is -2.25. The molecule has 118 valence electrons. The average molecular weight is 313 g/mol. The number of hydrogen-bond donors (Lipinski definition) is 3. The minimum atomic E-state index is -0.456. The first-order valence-corrected chi connectivity index (χ1v) is 7.36. The topological polar surface area (TPSA) is 75.3 Å². The van der Waals surface area contributed by atoms with Gasteiger partial charge in [0.25, 0.3) is 0 Å². The summed E-state index contributed by atoms with van der Waals surface area (Å²) in [6.45, 7) is 2.27. The van der Waals surface area contributed by atoms with E-state index in [2.05, 4.69) is 5.32 Å². The minimum Gasteiger partial charge on any atom is -0.389 e. The van der Waals surface area contributed by atoms with Crippen LogP contribution in [0.3, 0.4) is 0 Å². The van der Waals surface area contributed by atoms with E-state index in [4.69, 9.17) is 5.73 Å². The van der Waals surface area contributed by atoms with Gasteiger partial charge in [-0.05, 0) is 37.3 Å². The number of halogens is 1. The lowest BCUT2D eigenvalue weighted by Crippen LogP contribution is -2.37. The normalized spacial score (nSPS) is 23.0. The van der Waals surface area contributed by atoms with Crippen LogP contribution < -0.4 is 11.1 Å². The Bertz CT molecular complexity index is 448. The number of rotatable bonds is 4. The molecule has 5 heteroatoms. The zero-order valence-electron chi connectivity index (χ0n) is 12.4. The molecule has 0 heterocycles. The molecule has 0 bridgehead atoms. The Hall–Kier alpha value is -1.10. The second kappa shape index (κ2) is 8.37. The molecule has 3 atom stereocenters. The summed E-state index contributed by atoms with van der Waals surface area (Å²) in [4.78, 5) is 12.1. The van der Waals surface area contributed by atoms with Crippen molar-refractivity contribution < 1.29 is 9.90 Å². The predicted molar refractivity (Wildman–Crippen MR) is 86.1 cm³/mol. The van der Waals surface area contributed by atoms with Crippen LogP contribution in [0.2, 0.25) is 0 Å². The zero-order valence-corrected chi connectivity index (χ0v) is 13.2. The van der Waals surface area contributed by atoms with Gasteiger partial charge in [0.15, 0.2) is 0 Å². The summed E-state index contributed by atoms with van der Waals surface area (Å²) in [5, 5.41) is 12.4. The molecule has 2 rings (SSSR count). The molecule has 1 aliphatic carbocycles. The summed E-state index contributed by atoms with van der Waals surface area (Å²) in [6, 6.07) is 7.83. The number of aliphatic hydroxyl groups is 1. The number of hydrogen-bond acceptors (Lipinski definition) is 3. The van der Waals surface area contributed by atoms with Crippen molar-refractivity contribution in [2.75, 3.05) is 0 Å². The van der Waals surface area contributed by atoms with Crippen molar-refractivity contribution >= 4 is 18.3 Å². The molecule has 1 aliphatic rings. The molecular weight excluding hydrogens is 288 g/mol. The van der Waals surface area contributed by atoms with Crippen LogP contribution in [0.25, 0.3) is 0 Å². The summed E-state index contributed by atoms with van der Waals surface area (Å²) in [7, 11) is 0. The van der Waals surface area contributed by atoms with Gasteiger partial charge in [0, 0.05) is 18.5 Å². The summed E-state index contributed by atoms with van der Waals surface area (Å²) in [6.07, 6.45) is 3.36. The lowest BCUT2D eigenvalue weighted by molar-refractivity contribution is -0.126. The minimum absolute atomic E-state index is 0. The Morgan fingerprint density at radius 2 is 2.05 bits per heavy atom. The Kier molecular flexibility index (Phi) is 7.15. The molecule has 0 aliphatic heterocycles. The van der Waals surface area contributed by atoms with Crippen LogP contribution in [0, 0.1) is 5.92 Å². The van der Waals surface area contributed by atoms with Crippen molar-refractivity contribution in [2.24, 2.45) is 11.7 Å². The molecule has 4 nitrogen and oxygen atoms in total. The van der Waals surface area contributed by atoms with Crippen molar-refractivity contribution in [1.82, 2.24) is 5.32 Å². The lowest BCUT2D eigenvalue weighted by atomic mass is 9.85. The van der Waals surface area contributed by atoms with E-state index in [0.717, 1.165) is 36.8 Å². The van der Waals surface area contributed by atoms with Gasteiger partial charge in [0.2, 0.25) is 5.91 Å². The van der Waals surface area contributed by atoms with E-state index >= 15 is 0 Å². The molecule has 1 aromatic carbocycles. The Labute approximate surface area is 132 Å². The quantitative estimate of drug-likeness (QED) is 0.798. The summed E-state index contributed by atoms with van der Waals surface area (Å²) in [5.41, 5.74) is 7.84. The highest BCUT2D eigenvalue weighted by atomic mass is 35.5. The van der Waals surface area contributed by atoms with E-state index in [1.165, 1.54) is 0 Å². The molecule has 1 amide bonds. The van der Waals surface area contributed by atoms with Crippen LogP contribution in [-0.2, 0) is 11.3 Å². The summed E-state index contributed by atoms with van der Waals surface area (Å²) >= 11 is 0. The van der Waals surface area contributed by atoms with Crippen LogP contribution in [-0.4, -0.2) is 17.1 Å². The average Bonchev–Trinajstić information content (AvgIpc) is 2.45. The van der Waals surface area contributed by atoms with Gasteiger partial charge in [0.05, 0.1) is 6.10 Å². The Morgan fingerprint density at radius 3 is 2.62 bits per heavy atom. The first kappa shape index (κ1) is 18.0. The summed E-state index contributed by atoms with van der Waals surface area (Å²) < 4.78 is 0. The fourth-order valence-corrected chi connectivity index (χ4v) is 2.71. The first-order valence-electron chi connectivity index (χ1n) is 7.36. The number of carbonyl (C=O) groups excluding carboxylic acids is 1. The Balaban J connectivity index is 0.00000220. The van der Waals surface area contributed by atoms with E-state index in [0.29, 0.717) is 6.54 Å². The monoisotopic (exact) mass is 312 g/mol. The van der Waals surface area contributed by atoms with Gasteiger partial charge in [-0.15, -0.1) is 12.4 Å². The van der Waals surface area contributed by atoms with Crippen LogP contribution in [0.1, 0.15) is 49.8 Å². The van der Waals surface area contributed by atoms with Crippen molar-refractivity contribution in [3.8, 4) is 0 Å². The molecule has 0 saturated heterocycles. The maximum absolute atomic E-state index is 12.1. The molecule has 0 radical (unpaired) electrons. The Morgan fingerprint density at radius 1 is 1.38 bits per heavy atom. The fourth-order valence-electron chi connectivity index (χ4n) is 2.71. The number of benzene rings is 1. The van der Waals surface area contributed by atoms with Gasteiger partial charge in [-0.2, -0.15) is 0 Å². The third kappa shape index (κ3) is 5.30. The number of nitrogens with one attached hydrogen (secondary N) is 1. The van der Waals surface area contributed by atoms with Crippen LogP contribution in [0.15, 0.2) is 24.3 Å². The third-order valence-corrected chi connectivity index (χ3v) is 4.01. The molecule has 1 aromatic rings. The predicted octanol–water partition coefficient (Wildman–Crippen LogP) is 2.30. The van der Waals surface area contributed by atoms with Gasteiger partial charge < -0.3 is 16.2 Å². The molecular formula is C16H25ClN2O2. The van der Waals surface area contributed by atoms with Crippen LogP contribution >= 0.6 is 12.4 Å². The number of nitrogens with two attached hydrogens (primary N) is 1. The molecule has 21 heavy (non-hydrogen) atoms. The number of amides is 1. The van der Waals surface area contributed by atoms with Crippen molar-refractivity contribution in [1.29, 1.82) is 0 Å². The molecule has 1 fully saturated rings. The standard InChI is InChI=1S/C16H24N2O2.ClH/c1-11(19)13-7-5-12(6-8-13)10-18-16(20)14-3-2-4-15(17)9-14;/h5-8,11,14-15,19H,2-4,9-10,17H2,1H3,(H,18,20);1H. The van der Waals surface area contributed by atoms with Gasteiger partial charge >= 0.3 is 0 Å². The molecule has 0 spiro atoms. The van der Waals surface area contributed by atoms with Gasteiger partial charge in [-0.3, -0.25) is 4.79 Å². The van der Waals surface area contributed by atoms with Crippen molar-refractivity contribution in [2.45, 2.75) is 51.3 Å². The van der Waals surface area contributed by atoms with Crippen LogP contribution in [0.4, 0.5) is 0 Å². The highest BCUT2D eigenvalue weighted by molar-refractivity contribution is 5.85. The second-order valence-electron chi connectivity index (χ2n) is 5.76. The third-order valence-electron chi connectivity index (χ3n) is 4.01. The number of carbonyl (C=O) groups is 1. The smallest absolute Gasteiger partial charge is 0.223 e.